The predicted molar refractivity (Wildman–Crippen MR) is 130 cm³/mol. The Morgan fingerprint density at radius 2 is 1.64 bits per heavy atom. The minimum Gasteiger partial charge on any atom is -0.307 e. The number of para-hydroxylation sites is 1. The van der Waals surface area contributed by atoms with E-state index in [1.807, 2.05) is 60.7 Å². The largest absolute Gasteiger partial charge is 0.307 e. The van der Waals surface area contributed by atoms with E-state index in [-0.39, 0.29) is 17.5 Å². The van der Waals surface area contributed by atoms with Gasteiger partial charge >= 0.3 is 0 Å². The highest BCUT2D eigenvalue weighted by Gasteiger charge is 2.20. The van der Waals surface area contributed by atoms with E-state index in [1.165, 1.54) is 17.8 Å². The number of carbonyl (C=O) groups excluding carboxylic acids is 1. The molecule has 4 aromatic rings. The molecule has 5 nitrogen and oxygen atoms in total. The number of nitrogens with zero attached hydrogens (tertiary/aromatic N) is 4. The summed E-state index contributed by atoms with van der Waals surface area (Å²) >= 11 is 1.28. The summed E-state index contributed by atoms with van der Waals surface area (Å²) in [6.07, 6.45) is 1.70. The van der Waals surface area contributed by atoms with Gasteiger partial charge in [-0.05, 0) is 29.8 Å². The summed E-state index contributed by atoms with van der Waals surface area (Å²) < 4.78 is 16.1. The molecule has 0 spiro atoms. The van der Waals surface area contributed by atoms with Gasteiger partial charge in [-0.3, -0.25) is 9.36 Å². The summed E-state index contributed by atoms with van der Waals surface area (Å²) in [5.41, 5.74) is 2.22. The van der Waals surface area contributed by atoms with E-state index in [0.717, 1.165) is 11.3 Å². The van der Waals surface area contributed by atoms with Crippen LogP contribution in [-0.2, 0) is 17.9 Å². The van der Waals surface area contributed by atoms with Crippen molar-refractivity contribution in [3.05, 3.63) is 109 Å². The summed E-state index contributed by atoms with van der Waals surface area (Å²) in [5, 5.41) is 8.96. The molecule has 0 saturated heterocycles. The van der Waals surface area contributed by atoms with Gasteiger partial charge in [-0.15, -0.1) is 16.8 Å². The lowest BCUT2D eigenvalue weighted by Crippen LogP contribution is -2.32. The Bertz CT molecular complexity index is 1230. The molecule has 0 aliphatic carbocycles. The number of anilines is 1. The highest BCUT2D eigenvalue weighted by atomic mass is 32.2. The van der Waals surface area contributed by atoms with E-state index in [1.54, 1.807) is 33.7 Å². The van der Waals surface area contributed by atoms with Crippen molar-refractivity contribution in [2.45, 2.75) is 18.2 Å². The van der Waals surface area contributed by atoms with Gasteiger partial charge in [-0.1, -0.05) is 78.5 Å². The van der Waals surface area contributed by atoms with Gasteiger partial charge in [0.2, 0.25) is 5.91 Å². The highest BCUT2D eigenvalue weighted by molar-refractivity contribution is 7.99. The molecule has 0 bridgehead atoms. The molecule has 4 rings (SSSR count). The van der Waals surface area contributed by atoms with Crippen molar-refractivity contribution >= 4 is 23.4 Å². The second kappa shape index (κ2) is 10.7. The van der Waals surface area contributed by atoms with Gasteiger partial charge in [0.15, 0.2) is 11.0 Å². The van der Waals surface area contributed by atoms with Gasteiger partial charge in [0.1, 0.15) is 5.82 Å². The smallest absolute Gasteiger partial charge is 0.237 e. The number of halogens is 1. The van der Waals surface area contributed by atoms with Crippen molar-refractivity contribution in [2.75, 3.05) is 10.7 Å². The Morgan fingerprint density at radius 3 is 2.33 bits per heavy atom. The van der Waals surface area contributed by atoms with E-state index in [2.05, 4.69) is 16.8 Å². The van der Waals surface area contributed by atoms with Crippen molar-refractivity contribution in [1.29, 1.82) is 0 Å². The van der Waals surface area contributed by atoms with E-state index >= 15 is 0 Å². The molecule has 3 aromatic carbocycles. The van der Waals surface area contributed by atoms with Gasteiger partial charge in [-0.25, -0.2) is 4.39 Å². The standard InChI is InChI=1S/C26H23FN4OS/c1-2-17-30-25(22-15-9-10-16-23(22)27)28-29-26(30)33-19-24(32)31(21-13-7-4-8-14-21)18-20-11-5-3-6-12-20/h2-16H,1,17-19H2. The lowest BCUT2D eigenvalue weighted by Gasteiger charge is -2.23. The highest BCUT2D eigenvalue weighted by Crippen LogP contribution is 2.27. The fourth-order valence-electron chi connectivity index (χ4n) is 3.43. The number of rotatable bonds is 9. The van der Waals surface area contributed by atoms with Crippen molar-refractivity contribution < 1.29 is 9.18 Å². The van der Waals surface area contributed by atoms with Gasteiger partial charge in [0.25, 0.3) is 0 Å². The topological polar surface area (TPSA) is 51.0 Å². The van der Waals surface area contributed by atoms with E-state index in [0.29, 0.717) is 29.6 Å². The Labute approximate surface area is 196 Å². The number of amides is 1. The average molecular weight is 459 g/mol. The number of aromatic nitrogens is 3. The molecule has 166 valence electrons. The first-order chi connectivity index (χ1) is 16.2. The zero-order valence-corrected chi connectivity index (χ0v) is 18.8. The first kappa shape index (κ1) is 22.5. The molecule has 1 heterocycles. The first-order valence-electron chi connectivity index (χ1n) is 10.5. The molecule has 0 unspecified atom stereocenters. The monoisotopic (exact) mass is 458 g/mol. The summed E-state index contributed by atoms with van der Waals surface area (Å²) in [4.78, 5) is 15.0. The van der Waals surface area contributed by atoms with E-state index in [9.17, 15) is 9.18 Å². The molecule has 0 atom stereocenters. The zero-order chi connectivity index (χ0) is 23.0. The number of thioether (sulfide) groups is 1. The van der Waals surface area contributed by atoms with E-state index < -0.39 is 0 Å². The minimum absolute atomic E-state index is 0.0596. The van der Waals surface area contributed by atoms with Crippen LogP contribution in [0.3, 0.4) is 0 Å². The van der Waals surface area contributed by atoms with Gasteiger partial charge in [0, 0.05) is 12.2 Å². The molecule has 0 fully saturated rings. The van der Waals surface area contributed by atoms with Crippen LogP contribution in [0.4, 0.5) is 10.1 Å². The maximum Gasteiger partial charge on any atom is 0.237 e. The predicted octanol–water partition coefficient (Wildman–Crippen LogP) is 5.60. The quantitative estimate of drug-likeness (QED) is 0.242. The third-order valence-electron chi connectivity index (χ3n) is 5.02. The van der Waals surface area contributed by atoms with E-state index in [4.69, 9.17) is 0 Å². The molecule has 33 heavy (non-hydrogen) atoms. The van der Waals surface area contributed by atoms with Gasteiger partial charge in [0.05, 0.1) is 17.9 Å². The van der Waals surface area contributed by atoms with Crippen molar-refractivity contribution in [3.8, 4) is 11.4 Å². The second-order valence-corrected chi connectivity index (χ2v) is 8.22. The van der Waals surface area contributed by atoms with Crippen molar-refractivity contribution in [1.82, 2.24) is 14.8 Å². The minimum atomic E-state index is -0.374. The summed E-state index contributed by atoms with van der Waals surface area (Å²) in [5.74, 6) is 0.137. The molecule has 0 saturated carbocycles. The van der Waals surface area contributed by atoms with Crippen molar-refractivity contribution in [3.63, 3.8) is 0 Å². The maximum atomic E-state index is 14.3. The molecular formula is C26H23FN4OS. The number of allylic oxidation sites excluding steroid dienone is 1. The van der Waals surface area contributed by atoms with Crippen LogP contribution in [0.25, 0.3) is 11.4 Å². The molecule has 1 aromatic heterocycles. The van der Waals surface area contributed by atoms with Crippen molar-refractivity contribution in [2.24, 2.45) is 0 Å². The fourth-order valence-corrected chi connectivity index (χ4v) is 4.26. The van der Waals surface area contributed by atoms with Gasteiger partial charge < -0.3 is 4.90 Å². The van der Waals surface area contributed by atoms with Crippen LogP contribution in [0, 0.1) is 5.82 Å². The van der Waals surface area contributed by atoms with Gasteiger partial charge in [-0.2, -0.15) is 0 Å². The third kappa shape index (κ3) is 5.38. The SMILES string of the molecule is C=CCn1c(SCC(=O)N(Cc2ccccc2)c2ccccc2)nnc1-c1ccccc1F. The molecule has 0 radical (unpaired) electrons. The molecule has 0 aliphatic heterocycles. The molecule has 7 heteroatoms. The lowest BCUT2D eigenvalue weighted by atomic mass is 10.2. The average Bonchev–Trinajstić information content (AvgIpc) is 3.25. The zero-order valence-electron chi connectivity index (χ0n) is 18.0. The van der Waals surface area contributed by atoms with Crippen LogP contribution < -0.4 is 4.90 Å². The Hall–Kier alpha value is -3.71. The number of hydrogen-bond donors (Lipinski definition) is 0. The third-order valence-corrected chi connectivity index (χ3v) is 5.97. The Morgan fingerprint density at radius 1 is 0.970 bits per heavy atom. The molecule has 0 N–H and O–H groups in total. The van der Waals surface area contributed by atoms with Crippen LogP contribution in [0.5, 0.6) is 0 Å². The summed E-state index contributed by atoms with van der Waals surface area (Å²) in [6.45, 7) is 4.65. The molecular weight excluding hydrogens is 435 g/mol. The normalized spacial score (nSPS) is 10.7. The summed E-state index contributed by atoms with van der Waals surface area (Å²) in [6, 6.07) is 25.9. The number of benzene rings is 3. The van der Waals surface area contributed by atoms with Crippen LogP contribution in [0.2, 0.25) is 0 Å². The Balaban J connectivity index is 1.56. The van der Waals surface area contributed by atoms with Crippen LogP contribution in [-0.4, -0.2) is 26.4 Å². The molecule has 0 aliphatic rings. The summed E-state index contributed by atoms with van der Waals surface area (Å²) in [7, 11) is 0. The van der Waals surface area contributed by atoms with Crippen LogP contribution in [0.1, 0.15) is 5.56 Å². The number of carbonyl (C=O) groups is 1. The second-order valence-electron chi connectivity index (χ2n) is 7.28. The lowest BCUT2D eigenvalue weighted by molar-refractivity contribution is -0.116. The Kier molecular flexibility index (Phi) is 7.32. The maximum absolute atomic E-state index is 14.3. The molecule has 1 amide bonds. The first-order valence-corrected chi connectivity index (χ1v) is 11.5. The van der Waals surface area contributed by atoms with Crippen LogP contribution >= 0.6 is 11.8 Å². The van der Waals surface area contributed by atoms with Crippen LogP contribution in [0.15, 0.2) is 103 Å². The fraction of sp³-hybridized carbons (Fsp3) is 0.115. The number of hydrogen-bond acceptors (Lipinski definition) is 4.